The van der Waals surface area contributed by atoms with Gasteiger partial charge in [0.1, 0.15) is 0 Å². The van der Waals surface area contributed by atoms with Gasteiger partial charge in [0.25, 0.3) is 0 Å². The number of nitrogens with zero attached hydrogens (tertiary/aromatic N) is 1. The summed E-state index contributed by atoms with van der Waals surface area (Å²) in [5.41, 5.74) is 0. The molecule has 0 bridgehead atoms. The summed E-state index contributed by atoms with van der Waals surface area (Å²) in [5.74, 6) is 0.833. The molecule has 0 radical (unpaired) electrons. The molecular weight excluding hydrogens is 184 g/mol. The summed E-state index contributed by atoms with van der Waals surface area (Å²) in [6.07, 6.45) is 7.17. The molecule has 1 aliphatic carbocycles. The molecule has 1 saturated heterocycles. The average molecular weight is 210 g/mol. The molecule has 2 nitrogen and oxygen atoms in total. The van der Waals surface area contributed by atoms with Crippen molar-refractivity contribution >= 4 is 0 Å². The van der Waals surface area contributed by atoms with Crippen LogP contribution in [0.15, 0.2) is 0 Å². The second kappa shape index (κ2) is 5.31. The predicted octanol–water partition coefficient (Wildman–Crippen LogP) is 2.25. The van der Waals surface area contributed by atoms with Gasteiger partial charge in [0.2, 0.25) is 0 Å². The van der Waals surface area contributed by atoms with Crippen LogP contribution in [0.4, 0.5) is 0 Å². The van der Waals surface area contributed by atoms with Gasteiger partial charge in [-0.3, -0.25) is 4.90 Å². The third-order valence-electron chi connectivity index (χ3n) is 4.32. The summed E-state index contributed by atoms with van der Waals surface area (Å²) in [5, 5.41) is 3.51. The Kier molecular flexibility index (Phi) is 4.04. The van der Waals surface area contributed by atoms with E-state index in [1.165, 1.54) is 51.7 Å². The first kappa shape index (κ1) is 11.4. The average Bonchev–Trinajstić information content (AvgIpc) is 2.75. The number of hydrogen-bond acceptors (Lipinski definition) is 2. The number of hydrogen-bond donors (Lipinski definition) is 1. The van der Waals surface area contributed by atoms with Crippen molar-refractivity contribution in [1.29, 1.82) is 0 Å². The second-order valence-electron chi connectivity index (χ2n) is 5.31. The molecular formula is C13H26N2. The molecule has 0 aromatic heterocycles. The lowest BCUT2D eigenvalue weighted by molar-refractivity contribution is 0.0831. The Hall–Kier alpha value is -0.0800. The lowest BCUT2D eigenvalue weighted by Gasteiger charge is -2.41. The van der Waals surface area contributed by atoms with Crippen LogP contribution in [0.3, 0.4) is 0 Å². The zero-order valence-electron chi connectivity index (χ0n) is 10.3. The van der Waals surface area contributed by atoms with E-state index >= 15 is 0 Å². The van der Waals surface area contributed by atoms with Crippen molar-refractivity contribution in [3.8, 4) is 0 Å². The summed E-state index contributed by atoms with van der Waals surface area (Å²) < 4.78 is 0. The number of nitrogens with one attached hydrogen (secondary N) is 1. The smallest absolute Gasteiger partial charge is 0.0148 e. The summed E-state index contributed by atoms with van der Waals surface area (Å²) >= 11 is 0. The van der Waals surface area contributed by atoms with Gasteiger partial charge in [-0.2, -0.15) is 0 Å². The Labute approximate surface area is 94.4 Å². The Bertz CT molecular complexity index is 187. The van der Waals surface area contributed by atoms with Crippen molar-refractivity contribution in [3.05, 3.63) is 0 Å². The van der Waals surface area contributed by atoms with Crippen molar-refractivity contribution in [2.75, 3.05) is 19.6 Å². The van der Waals surface area contributed by atoms with Crippen molar-refractivity contribution in [3.63, 3.8) is 0 Å². The summed E-state index contributed by atoms with van der Waals surface area (Å²) in [6.45, 7) is 8.44. The van der Waals surface area contributed by atoms with Gasteiger partial charge in [-0.25, -0.2) is 0 Å². The number of rotatable bonds is 3. The van der Waals surface area contributed by atoms with Gasteiger partial charge in [-0.15, -0.1) is 0 Å². The molecule has 15 heavy (non-hydrogen) atoms. The first-order valence-corrected chi connectivity index (χ1v) is 6.79. The fourth-order valence-electron chi connectivity index (χ4n) is 3.49. The maximum atomic E-state index is 3.51. The fraction of sp³-hybridized carbons (Fsp3) is 1.00. The lowest BCUT2D eigenvalue weighted by atomic mass is 9.92. The Balaban J connectivity index is 1.97. The number of piperidine rings is 1. The maximum absolute atomic E-state index is 3.51. The normalized spacial score (nSPS) is 33.8. The van der Waals surface area contributed by atoms with Gasteiger partial charge >= 0.3 is 0 Å². The molecule has 1 N–H and O–H groups in total. The molecule has 2 aliphatic rings. The highest BCUT2D eigenvalue weighted by atomic mass is 15.2. The van der Waals surface area contributed by atoms with E-state index in [2.05, 4.69) is 24.1 Å². The van der Waals surface area contributed by atoms with Crippen LogP contribution in [0.2, 0.25) is 0 Å². The molecule has 0 amide bonds. The van der Waals surface area contributed by atoms with Crippen LogP contribution in [0, 0.1) is 5.92 Å². The lowest BCUT2D eigenvalue weighted by Crippen LogP contribution is -2.51. The van der Waals surface area contributed by atoms with E-state index in [-0.39, 0.29) is 0 Å². The van der Waals surface area contributed by atoms with Crippen LogP contribution in [-0.4, -0.2) is 36.6 Å². The van der Waals surface area contributed by atoms with Crippen molar-refractivity contribution in [2.45, 2.75) is 58.0 Å². The molecule has 2 atom stereocenters. The summed E-state index contributed by atoms with van der Waals surface area (Å²) in [6, 6.07) is 1.75. The predicted molar refractivity (Wildman–Crippen MR) is 65.1 cm³/mol. The summed E-state index contributed by atoms with van der Waals surface area (Å²) in [4.78, 5) is 2.80. The first-order chi connectivity index (χ1) is 7.33. The van der Waals surface area contributed by atoms with Gasteiger partial charge in [-0.1, -0.05) is 26.7 Å². The molecule has 1 saturated carbocycles. The quantitative estimate of drug-likeness (QED) is 0.768. The van der Waals surface area contributed by atoms with E-state index in [1.54, 1.807) is 0 Å². The van der Waals surface area contributed by atoms with Gasteiger partial charge in [0.05, 0.1) is 0 Å². The molecule has 0 aromatic carbocycles. The zero-order chi connectivity index (χ0) is 10.7. The standard InChI is InChI=1S/C13H26N2/c1-3-15(12-6-4-5-7-12)13-8-9-14-10-11(13)2/h11-14H,3-10H2,1-2H3. The molecule has 0 aromatic rings. The molecule has 2 rings (SSSR count). The van der Waals surface area contributed by atoms with Crippen LogP contribution in [0.5, 0.6) is 0 Å². The topological polar surface area (TPSA) is 15.3 Å². The minimum Gasteiger partial charge on any atom is -0.316 e. The minimum atomic E-state index is 0.833. The van der Waals surface area contributed by atoms with E-state index in [1.807, 2.05) is 0 Å². The zero-order valence-corrected chi connectivity index (χ0v) is 10.3. The highest BCUT2D eigenvalue weighted by Gasteiger charge is 2.31. The molecule has 88 valence electrons. The highest BCUT2D eigenvalue weighted by Crippen LogP contribution is 2.28. The highest BCUT2D eigenvalue weighted by molar-refractivity contribution is 4.88. The van der Waals surface area contributed by atoms with E-state index < -0.39 is 0 Å². The Morgan fingerprint density at radius 1 is 1.20 bits per heavy atom. The molecule has 2 heteroatoms. The molecule has 1 heterocycles. The van der Waals surface area contributed by atoms with Gasteiger partial charge in [0.15, 0.2) is 0 Å². The van der Waals surface area contributed by atoms with Gasteiger partial charge in [0, 0.05) is 12.1 Å². The van der Waals surface area contributed by atoms with Crippen LogP contribution in [-0.2, 0) is 0 Å². The van der Waals surface area contributed by atoms with Crippen molar-refractivity contribution in [2.24, 2.45) is 5.92 Å². The van der Waals surface area contributed by atoms with Crippen LogP contribution < -0.4 is 5.32 Å². The first-order valence-electron chi connectivity index (χ1n) is 6.79. The largest absolute Gasteiger partial charge is 0.316 e. The molecule has 2 fully saturated rings. The van der Waals surface area contributed by atoms with Gasteiger partial charge in [-0.05, 0) is 44.8 Å². The van der Waals surface area contributed by atoms with Gasteiger partial charge < -0.3 is 5.32 Å². The van der Waals surface area contributed by atoms with Crippen LogP contribution in [0.1, 0.15) is 46.0 Å². The Morgan fingerprint density at radius 3 is 2.53 bits per heavy atom. The summed E-state index contributed by atoms with van der Waals surface area (Å²) in [7, 11) is 0. The molecule has 1 aliphatic heterocycles. The van der Waals surface area contributed by atoms with E-state index in [9.17, 15) is 0 Å². The molecule has 2 unspecified atom stereocenters. The van der Waals surface area contributed by atoms with E-state index in [0.717, 1.165) is 18.0 Å². The maximum Gasteiger partial charge on any atom is 0.0148 e. The Morgan fingerprint density at radius 2 is 1.93 bits per heavy atom. The minimum absolute atomic E-state index is 0.833. The van der Waals surface area contributed by atoms with Crippen molar-refractivity contribution in [1.82, 2.24) is 10.2 Å². The SMILES string of the molecule is CCN(C1CCCC1)C1CCNCC1C. The second-order valence-corrected chi connectivity index (χ2v) is 5.31. The van der Waals surface area contributed by atoms with Crippen LogP contribution >= 0.6 is 0 Å². The van der Waals surface area contributed by atoms with Crippen LogP contribution in [0.25, 0.3) is 0 Å². The third kappa shape index (κ3) is 2.54. The van der Waals surface area contributed by atoms with Crippen molar-refractivity contribution < 1.29 is 0 Å². The van der Waals surface area contributed by atoms with E-state index in [0.29, 0.717) is 0 Å². The monoisotopic (exact) mass is 210 g/mol. The third-order valence-corrected chi connectivity index (χ3v) is 4.32. The van der Waals surface area contributed by atoms with E-state index in [4.69, 9.17) is 0 Å². The fourth-order valence-corrected chi connectivity index (χ4v) is 3.49. The molecule has 0 spiro atoms.